The van der Waals surface area contributed by atoms with Gasteiger partial charge < -0.3 is 24.8 Å². The molecule has 0 aromatic heterocycles. The van der Waals surface area contributed by atoms with E-state index in [0.29, 0.717) is 23.4 Å². The molecule has 1 spiro atoms. The lowest BCUT2D eigenvalue weighted by Gasteiger charge is -2.58. The summed E-state index contributed by atoms with van der Waals surface area (Å²) >= 11 is 0. The minimum Gasteiger partial charge on any atom is -0.489 e. The molecule has 1 aromatic carbocycles. The van der Waals surface area contributed by atoms with Gasteiger partial charge in [0, 0.05) is 49.3 Å². The zero-order valence-electron chi connectivity index (χ0n) is 20.2. The van der Waals surface area contributed by atoms with Gasteiger partial charge in [-0.1, -0.05) is 12.1 Å². The molecule has 3 aliphatic carbocycles. The lowest BCUT2D eigenvalue weighted by Crippen LogP contribution is -2.64. The maximum Gasteiger partial charge on any atom is 0.404 e. The number of benzene rings is 1. The first-order valence-corrected chi connectivity index (χ1v) is 12.7. The van der Waals surface area contributed by atoms with Crippen LogP contribution in [0.1, 0.15) is 56.9 Å². The Morgan fingerprint density at radius 2 is 1.66 bits per heavy atom. The SMILES string of the molecule is O=C(O)NC/C(=C\F)COc1ccc(C23CCC(C(=O)N4CC5(CCOCC5)C4)(CC2)CC3)cc1. The van der Waals surface area contributed by atoms with E-state index in [-0.39, 0.29) is 29.6 Å². The zero-order valence-corrected chi connectivity index (χ0v) is 20.2. The van der Waals surface area contributed by atoms with Crippen molar-refractivity contribution >= 4 is 12.0 Å². The van der Waals surface area contributed by atoms with E-state index in [9.17, 15) is 14.0 Å². The fourth-order valence-corrected chi connectivity index (χ4v) is 6.69. The van der Waals surface area contributed by atoms with E-state index in [1.807, 2.05) is 12.1 Å². The van der Waals surface area contributed by atoms with Gasteiger partial charge >= 0.3 is 6.09 Å². The van der Waals surface area contributed by atoms with Crippen molar-refractivity contribution < 1.29 is 28.6 Å². The van der Waals surface area contributed by atoms with E-state index in [1.54, 1.807) is 0 Å². The largest absolute Gasteiger partial charge is 0.489 e. The van der Waals surface area contributed by atoms with Crippen molar-refractivity contribution in [2.45, 2.75) is 56.8 Å². The Morgan fingerprint density at radius 3 is 2.23 bits per heavy atom. The molecular weight excluding hydrogens is 451 g/mol. The molecule has 0 unspecified atom stereocenters. The third-order valence-electron chi connectivity index (χ3n) is 9.11. The number of amides is 2. The number of nitrogens with zero attached hydrogens (tertiary/aromatic N) is 1. The highest BCUT2D eigenvalue weighted by Gasteiger charge is 2.56. The number of hydrogen-bond acceptors (Lipinski definition) is 4. The third kappa shape index (κ3) is 4.65. The number of halogens is 1. The lowest BCUT2D eigenvalue weighted by atomic mass is 9.51. The van der Waals surface area contributed by atoms with Crippen molar-refractivity contribution in [2.24, 2.45) is 10.8 Å². The van der Waals surface area contributed by atoms with Crippen LogP contribution in [0.5, 0.6) is 5.75 Å². The molecule has 5 aliphatic rings. The summed E-state index contributed by atoms with van der Waals surface area (Å²) in [5.74, 6) is 1.01. The van der Waals surface area contributed by atoms with Gasteiger partial charge in [-0.15, -0.1) is 0 Å². The number of carbonyl (C=O) groups is 2. The molecule has 2 heterocycles. The van der Waals surface area contributed by atoms with Crippen LogP contribution in [0.3, 0.4) is 0 Å². The van der Waals surface area contributed by atoms with Crippen LogP contribution in [0, 0.1) is 10.8 Å². The molecule has 5 fully saturated rings. The average Bonchev–Trinajstić information content (AvgIpc) is 2.88. The molecule has 3 saturated carbocycles. The lowest BCUT2D eigenvalue weighted by molar-refractivity contribution is -0.167. The summed E-state index contributed by atoms with van der Waals surface area (Å²) in [6.45, 7) is 3.35. The van der Waals surface area contributed by atoms with Crippen LogP contribution >= 0.6 is 0 Å². The number of rotatable bonds is 7. The predicted molar refractivity (Wildman–Crippen MR) is 128 cm³/mol. The van der Waals surface area contributed by atoms with Gasteiger partial charge in [-0.3, -0.25) is 4.79 Å². The van der Waals surface area contributed by atoms with Crippen LogP contribution in [0.2, 0.25) is 0 Å². The van der Waals surface area contributed by atoms with E-state index in [2.05, 4.69) is 22.3 Å². The molecule has 2 bridgehead atoms. The van der Waals surface area contributed by atoms with Crippen molar-refractivity contribution in [1.29, 1.82) is 0 Å². The van der Waals surface area contributed by atoms with Gasteiger partial charge in [0.25, 0.3) is 0 Å². The maximum absolute atomic E-state index is 13.5. The standard InChI is InChI=1S/C27H35FN2O5/c28-15-20(16-29-24(32)33)17-35-22-3-1-21(2-4-22)26-5-8-27(9-6-26,10-7-26)23(31)30-18-25(19-30)11-13-34-14-12-25/h1-4,15,29H,5-14,16-19H2,(H,32,33)/b20-15+. The first-order chi connectivity index (χ1) is 16.9. The van der Waals surface area contributed by atoms with Crippen LogP contribution in [0.25, 0.3) is 0 Å². The van der Waals surface area contributed by atoms with Gasteiger partial charge in [0.15, 0.2) is 0 Å². The van der Waals surface area contributed by atoms with Gasteiger partial charge in [0.05, 0.1) is 6.33 Å². The average molecular weight is 487 g/mol. The van der Waals surface area contributed by atoms with Gasteiger partial charge in [-0.25, -0.2) is 9.18 Å². The maximum atomic E-state index is 13.5. The minimum atomic E-state index is -1.20. The minimum absolute atomic E-state index is 0.0172. The summed E-state index contributed by atoms with van der Waals surface area (Å²) in [5.41, 5.74) is 1.77. The second-order valence-electron chi connectivity index (χ2n) is 11.1. The van der Waals surface area contributed by atoms with Crippen LogP contribution in [0.15, 0.2) is 36.2 Å². The molecule has 0 radical (unpaired) electrons. The molecule has 1 aromatic rings. The predicted octanol–water partition coefficient (Wildman–Crippen LogP) is 4.42. The molecule has 8 heteroatoms. The summed E-state index contributed by atoms with van der Waals surface area (Å²) < 4.78 is 24.1. The number of nitrogens with one attached hydrogen (secondary N) is 1. The highest BCUT2D eigenvalue weighted by molar-refractivity contribution is 5.84. The Bertz CT molecular complexity index is 953. The van der Waals surface area contributed by atoms with E-state index in [1.165, 1.54) is 5.56 Å². The first-order valence-electron chi connectivity index (χ1n) is 12.7. The Kier molecular flexibility index (Phi) is 6.51. The molecule has 2 aliphatic heterocycles. The Balaban J connectivity index is 1.15. The van der Waals surface area contributed by atoms with Crippen LogP contribution in [-0.2, 0) is 14.9 Å². The number of carboxylic acid groups (broad SMARTS) is 1. The fourth-order valence-electron chi connectivity index (χ4n) is 6.69. The number of carbonyl (C=O) groups excluding carboxylic acids is 1. The van der Waals surface area contributed by atoms with Gasteiger partial charge in [0.2, 0.25) is 5.91 Å². The van der Waals surface area contributed by atoms with Crippen molar-refractivity contribution in [2.75, 3.05) is 39.5 Å². The summed E-state index contributed by atoms with van der Waals surface area (Å²) in [6.07, 6.45) is 7.29. The smallest absolute Gasteiger partial charge is 0.404 e. The molecule has 2 N–H and O–H groups in total. The van der Waals surface area contributed by atoms with Crippen molar-refractivity contribution in [3.05, 3.63) is 41.7 Å². The molecule has 35 heavy (non-hydrogen) atoms. The normalized spacial score (nSPS) is 29.5. The fraction of sp³-hybridized carbons (Fsp3) is 0.630. The second-order valence-corrected chi connectivity index (χ2v) is 11.1. The van der Waals surface area contributed by atoms with Crippen molar-refractivity contribution in [3.63, 3.8) is 0 Å². The number of hydrogen-bond donors (Lipinski definition) is 2. The van der Waals surface area contributed by atoms with Crippen LogP contribution < -0.4 is 10.1 Å². The summed E-state index contributed by atoms with van der Waals surface area (Å²) in [5, 5.41) is 10.8. The molecule has 7 nitrogen and oxygen atoms in total. The van der Waals surface area contributed by atoms with E-state index >= 15 is 0 Å². The Hall–Kier alpha value is -2.61. The zero-order chi connectivity index (χ0) is 24.5. The van der Waals surface area contributed by atoms with Crippen LogP contribution in [-0.4, -0.2) is 61.5 Å². The van der Waals surface area contributed by atoms with Gasteiger partial charge in [0.1, 0.15) is 12.4 Å². The molecule has 2 saturated heterocycles. The number of ether oxygens (including phenoxy) is 2. The molecule has 6 rings (SSSR count). The molecular formula is C27H35FN2O5. The van der Waals surface area contributed by atoms with E-state index in [0.717, 1.165) is 77.7 Å². The van der Waals surface area contributed by atoms with Crippen molar-refractivity contribution in [1.82, 2.24) is 10.2 Å². The Labute approximate surface area is 205 Å². The second kappa shape index (κ2) is 9.45. The highest BCUT2D eigenvalue weighted by Crippen LogP contribution is 2.59. The molecule has 0 atom stereocenters. The molecule has 190 valence electrons. The topological polar surface area (TPSA) is 88.1 Å². The van der Waals surface area contributed by atoms with Gasteiger partial charge in [-0.2, -0.15) is 0 Å². The first kappa shape index (κ1) is 24.1. The summed E-state index contributed by atoms with van der Waals surface area (Å²) in [7, 11) is 0. The van der Waals surface area contributed by atoms with Gasteiger partial charge in [-0.05, 0) is 74.5 Å². The van der Waals surface area contributed by atoms with Crippen molar-refractivity contribution in [3.8, 4) is 5.75 Å². The summed E-state index contributed by atoms with van der Waals surface area (Å²) in [4.78, 5) is 26.2. The van der Waals surface area contributed by atoms with E-state index in [4.69, 9.17) is 14.6 Å². The summed E-state index contributed by atoms with van der Waals surface area (Å²) in [6, 6.07) is 7.99. The Morgan fingerprint density at radius 1 is 1.03 bits per heavy atom. The number of likely N-dealkylation sites (tertiary alicyclic amines) is 1. The molecule has 2 amide bonds. The van der Waals surface area contributed by atoms with E-state index < -0.39 is 6.09 Å². The highest BCUT2D eigenvalue weighted by atomic mass is 19.1. The number of fused-ring (bicyclic) bond motifs is 3. The van der Waals surface area contributed by atoms with Crippen LogP contribution in [0.4, 0.5) is 9.18 Å². The monoisotopic (exact) mass is 486 g/mol. The third-order valence-corrected chi connectivity index (χ3v) is 9.11. The quantitative estimate of drug-likeness (QED) is 0.596.